The van der Waals surface area contributed by atoms with E-state index in [2.05, 4.69) is 15.0 Å². The van der Waals surface area contributed by atoms with Crippen molar-refractivity contribution in [1.29, 1.82) is 0 Å². The quantitative estimate of drug-likeness (QED) is 0.544. The maximum atomic E-state index is 13.2. The first-order chi connectivity index (χ1) is 13.7. The number of pyridine rings is 1. The minimum absolute atomic E-state index is 0.179. The minimum atomic E-state index is -0.780. The molecule has 1 amide bonds. The van der Waals surface area contributed by atoms with Crippen molar-refractivity contribution >= 4 is 17.1 Å². The number of benzene rings is 2. The smallest absolute Gasteiger partial charge is 0.255 e. The van der Waals surface area contributed by atoms with Gasteiger partial charge in [0, 0.05) is 12.7 Å². The fraction of sp³-hybridized carbons (Fsp3) is 0.136. The molecule has 4 rings (SSSR count). The molecule has 0 aliphatic rings. The number of rotatable bonds is 6. The zero-order chi connectivity index (χ0) is 19.3. The third-order valence-corrected chi connectivity index (χ3v) is 4.60. The van der Waals surface area contributed by atoms with Gasteiger partial charge in [-0.05, 0) is 17.2 Å². The molecule has 2 N–H and O–H groups in total. The average molecular weight is 372 g/mol. The number of aromatic nitrogens is 3. The predicted molar refractivity (Wildman–Crippen MR) is 106 cm³/mol. The second kappa shape index (κ2) is 8.02. The number of hydrogen-bond donors (Lipinski definition) is 2. The van der Waals surface area contributed by atoms with Crippen LogP contribution >= 0.6 is 0 Å². The molecular weight excluding hydrogens is 352 g/mol. The minimum Gasteiger partial charge on any atom is -0.387 e. The molecule has 6 heteroatoms. The fourth-order valence-corrected chi connectivity index (χ4v) is 3.14. The van der Waals surface area contributed by atoms with E-state index < -0.39 is 6.10 Å². The van der Waals surface area contributed by atoms with Gasteiger partial charge in [-0.25, -0.2) is 9.97 Å². The number of aliphatic hydroxyl groups excluding tert-OH is 1. The Morgan fingerprint density at radius 3 is 2.50 bits per heavy atom. The summed E-state index contributed by atoms with van der Waals surface area (Å²) >= 11 is 0. The van der Waals surface area contributed by atoms with Crippen molar-refractivity contribution in [3.63, 3.8) is 0 Å². The van der Waals surface area contributed by atoms with Crippen LogP contribution < -0.4 is 0 Å². The highest BCUT2D eigenvalue weighted by Crippen LogP contribution is 2.19. The summed E-state index contributed by atoms with van der Waals surface area (Å²) in [7, 11) is 0. The van der Waals surface area contributed by atoms with Crippen molar-refractivity contribution in [3.05, 3.63) is 95.9 Å². The maximum Gasteiger partial charge on any atom is 0.255 e. The Hall–Kier alpha value is -3.51. The van der Waals surface area contributed by atoms with Crippen molar-refractivity contribution in [3.8, 4) is 0 Å². The molecule has 28 heavy (non-hydrogen) atoms. The van der Waals surface area contributed by atoms with Gasteiger partial charge in [0.25, 0.3) is 5.91 Å². The van der Waals surface area contributed by atoms with Gasteiger partial charge in [0.1, 0.15) is 0 Å². The van der Waals surface area contributed by atoms with E-state index in [0.29, 0.717) is 23.3 Å². The molecule has 0 aliphatic heterocycles. The Morgan fingerprint density at radius 1 is 1.04 bits per heavy atom. The van der Waals surface area contributed by atoms with E-state index in [-0.39, 0.29) is 12.5 Å². The molecule has 0 saturated carbocycles. The van der Waals surface area contributed by atoms with Crippen molar-refractivity contribution in [2.24, 2.45) is 0 Å². The van der Waals surface area contributed by atoms with Gasteiger partial charge in [-0.2, -0.15) is 0 Å². The lowest BCUT2D eigenvalue weighted by Crippen LogP contribution is -2.34. The highest BCUT2D eigenvalue weighted by atomic mass is 16.3. The van der Waals surface area contributed by atoms with Crippen LogP contribution in [0.5, 0.6) is 0 Å². The van der Waals surface area contributed by atoms with Crippen LogP contribution in [0.15, 0.2) is 79.3 Å². The molecule has 0 radical (unpaired) electrons. The van der Waals surface area contributed by atoms with Crippen LogP contribution in [0.25, 0.3) is 11.2 Å². The summed E-state index contributed by atoms with van der Waals surface area (Å²) in [5.74, 6) is -0.192. The number of carbonyl (C=O) groups is 1. The second-order valence-electron chi connectivity index (χ2n) is 6.60. The molecular formula is C22H20N4O2. The van der Waals surface area contributed by atoms with E-state index in [4.69, 9.17) is 0 Å². The van der Waals surface area contributed by atoms with Crippen molar-refractivity contribution in [1.82, 2.24) is 19.9 Å². The summed E-state index contributed by atoms with van der Waals surface area (Å²) in [4.78, 5) is 26.2. The number of nitrogens with one attached hydrogen (secondary N) is 1. The number of aromatic amines is 1. The van der Waals surface area contributed by atoms with Crippen LogP contribution in [0.1, 0.15) is 27.6 Å². The van der Waals surface area contributed by atoms with Gasteiger partial charge >= 0.3 is 0 Å². The third kappa shape index (κ3) is 3.92. The summed E-state index contributed by atoms with van der Waals surface area (Å²) in [5, 5.41) is 10.7. The van der Waals surface area contributed by atoms with Gasteiger partial charge in [0.05, 0.1) is 30.1 Å². The summed E-state index contributed by atoms with van der Waals surface area (Å²) in [6, 6.07) is 20.8. The molecule has 0 spiro atoms. The number of amides is 1. The molecule has 0 bridgehead atoms. The molecule has 1 atom stereocenters. The molecule has 0 saturated heterocycles. The zero-order valence-electron chi connectivity index (χ0n) is 15.2. The standard InChI is InChI=1S/C22H20N4O2/c27-20(17-9-5-2-6-10-17)14-26(13-16-7-3-1-4-8-16)22(28)18-11-19-21(23-12-18)25-15-24-19/h1-12,15,20,27H,13-14H2,(H,23,24,25). The largest absolute Gasteiger partial charge is 0.387 e. The highest BCUT2D eigenvalue weighted by Gasteiger charge is 2.21. The van der Waals surface area contributed by atoms with Gasteiger partial charge < -0.3 is 15.0 Å². The van der Waals surface area contributed by atoms with Crippen molar-refractivity contribution < 1.29 is 9.90 Å². The number of nitrogens with zero attached hydrogens (tertiary/aromatic N) is 3. The van der Waals surface area contributed by atoms with Gasteiger partial charge in [-0.3, -0.25) is 4.79 Å². The number of hydrogen-bond acceptors (Lipinski definition) is 4. The zero-order valence-corrected chi connectivity index (χ0v) is 15.2. The second-order valence-corrected chi connectivity index (χ2v) is 6.60. The Bertz CT molecular complexity index is 1060. The molecule has 0 fully saturated rings. The van der Waals surface area contributed by atoms with Gasteiger partial charge in [-0.1, -0.05) is 60.7 Å². The van der Waals surface area contributed by atoms with Crippen LogP contribution in [0.4, 0.5) is 0 Å². The van der Waals surface area contributed by atoms with Gasteiger partial charge in [-0.15, -0.1) is 0 Å². The summed E-state index contributed by atoms with van der Waals surface area (Å²) < 4.78 is 0. The van der Waals surface area contributed by atoms with E-state index in [9.17, 15) is 9.90 Å². The lowest BCUT2D eigenvalue weighted by molar-refractivity contribution is 0.0603. The molecule has 2 aromatic carbocycles. The van der Waals surface area contributed by atoms with Crippen LogP contribution in [-0.2, 0) is 6.54 Å². The summed E-state index contributed by atoms with van der Waals surface area (Å²) in [6.45, 7) is 0.573. The monoisotopic (exact) mass is 372 g/mol. The molecule has 6 nitrogen and oxygen atoms in total. The van der Waals surface area contributed by atoms with Crippen LogP contribution in [0.2, 0.25) is 0 Å². The third-order valence-electron chi connectivity index (χ3n) is 4.60. The van der Waals surface area contributed by atoms with Crippen molar-refractivity contribution in [2.45, 2.75) is 12.6 Å². The number of imidazole rings is 1. The van der Waals surface area contributed by atoms with E-state index in [1.807, 2.05) is 60.7 Å². The Morgan fingerprint density at radius 2 is 1.75 bits per heavy atom. The number of H-pyrrole nitrogens is 1. The first-order valence-corrected chi connectivity index (χ1v) is 9.06. The van der Waals surface area contributed by atoms with Crippen LogP contribution in [0.3, 0.4) is 0 Å². The molecule has 0 aliphatic carbocycles. The SMILES string of the molecule is O=C(c1cnc2nc[nH]c2c1)N(Cc1ccccc1)CC(O)c1ccccc1. The van der Waals surface area contributed by atoms with Gasteiger partial charge in [0.15, 0.2) is 5.65 Å². The average Bonchev–Trinajstić information content (AvgIpc) is 3.22. The number of carbonyl (C=O) groups excluding carboxylic acids is 1. The molecule has 4 aromatic rings. The van der Waals surface area contributed by atoms with E-state index in [0.717, 1.165) is 11.1 Å². The fourth-order valence-electron chi connectivity index (χ4n) is 3.14. The predicted octanol–water partition coefficient (Wildman–Crippen LogP) is 3.33. The number of fused-ring (bicyclic) bond motifs is 1. The number of aliphatic hydroxyl groups is 1. The lowest BCUT2D eigenvalue weighted by Gasteiger charge is -2.26. The Kier molecular flexibility index (Phi) is 5.12. The van der Waals surface area contributed by atoms with E-state index >= 15 is 0 Å². The Labute approximate surface area is 162 Å². The normalized spacial score (nSPS) is 12.0. The first kappa shape index (κ1) is 17.9. The van der Waals surface area contributed by atoms with Crippen LogP contribution in [0, 0.1) is 0 Å². The highest BCUT2D eigenvalue weighted by molar-refractivity contribution is 5.96. The van der Waals surface area contributed by atoms with Crippen molar-refractivity contribution in [2.75, 3.05) is 6.54 Å². The topological polar surface area (TPSA) is 82.1 Å². The maximum absolute atomic E-state index is 13.2. The van der Waals surface area contributed by atoms with E-state index in [1.54, 1.807) is 17.3 Å². The molecule has 140 valence electrons. The van der Waals surface area contributed by atoms with E-state index in [1.165, 1.54) is 6.20 Å². The van der Waals surface area contributed by atoms with Gasteiger partial charge in [0.2, 0.25) is 0 Å². The molecule has 1 unspecified atom stereocenters. The van der Waals surface area contributed by atoms with Crippen LogP contribution in [-0.4, -0.2) is 37.4 Å². The summed E-state index contributed by atoms with van der Waals surface area (Å²) in [5.41, 5.74) is 3.49. The molecule has 2 heterocycles. The Balaban J connectivity index is 1.62. The molecule has 2 aromatic heterocycles. The summed E-state index contributed by atoms with van der Waals surface area (Å²) in [6.07, 6.45) is 2.29. The lowest BCUT2D eigenvalue weighted by atomic mass is 10.1. The first-order valence-electron chi connectivity index (χ1n) is 9.06.